The van der Waals surface area contributed by atoms with Crippen LogP contribution in [0.2, 0.25) is 10.0 Å². The predicted octanol–water partition coefficient (Wildman–Crippen LogP) is 5.92. The lowest BCUT2D eigenvalue weighted by atomic mass is 10.0. The maximum atomic E-state index is 6.23. The summed E-state index contributed by atoms with van der Waals surface area (Å²) in [6, 6.07) is 15.9. The summed E-state index contributed by atoms with van der Waals surface area (Å²) in [5.41, 5.74) is 1.32. The molecule has 0 saturated heterocycles. The fourth-order valence-electron chi connectivity index (χ4n) is 2.58. The number of ether oxygens (including phenoxy) is 1. The highest BCUT2D eigenvalue weighted by Crippen LogP contribution is 2.30. The van der Waals surface area contributed by atoms with E-state index in [9.17, 15) is 0 Å². The lowest BCUT2D eigenvalue weighted by Crippen LogP contribution is -2.29. The topological polar surface area (TPSA) is 12.5 Å². The van der Waals surface area contributed by atoms with E-state index in [4.69, 9.17) is 27.9 Å². The first-order chi connectivity index (χ1) is 11.5. The van der Waals surface area contributed by atoms with Gasteiger partial charge in [0.2, 0.25) is 0 Å². The molecular weight excluding hydrogens is 341 g/mol. The van der Waals surface area contributed by atoms with Gasteiger partial charge in [0.1, 0.15) is 11.9 Å². The highest BCUT2D eigenvalue weighted by molar-refractivity contribution is 6.35. The summed E-state index contributed by atoms with van der Waals surface area (Å²) in [4.78, 5) is 2.32. The van der Waals surface area contributed by atoms with Gasteiger partial charge in [-0.2, -0.15) is 0 Å². The quantitative estimate of drug-likeness (QED) is 0.575. The van der Waals surface area contributed by atoms with E-state index in [1.165, 1.54) is 5.56 Å². The molecular formula is C20H25Cl2NO. The highest BCUT2D eigenvalue weighted by atomic mass is 35.5. The Morgan fingerprint density at radius 1 is 1.04 bits per heavy atom. The Labute approximate surface area is 155 Å². The summed E-state index contributed by atoms with van der Waals surface area (Å²) in [5.74, 6) is 1.10. The second-order valence-electron chi connectivity index (χ2n) is 6.49. The van der Waals surface area contributed by atoms with Crippen molar-refractivity contribution in [1.29, 1.82) is 0 Å². The standard InChI is InChI=1S/C20H25Cl2NO/c1-15(2)19(24-20-10-9-17(21)13-18(20)22)11-12-23(3)14-16-7-5-4-6-8-16/h4-10,13,15,19H,11-12,14H2,1-3H3. The van der Waals surface area contributed by atoms with Crippen molar-refractivity contribution < 1.29 is 4.74 Å². The van der Waals surface area contributed by atoms with Gasteiger partial charge in [0.25, 0.3) is 0 Å². The van der Waals surface area contributed by atoms with Crippen molar-refractivity contribution in [2.45, 2.75) is 32.9 Å². The lowest BCUT2D eigenvalue weighted by molar-refractivity contribution is 0.126. The van der Waals surface area contributed by atoms with Gasteiger partial charge in [-0.05, 0) is 43.1 Å². The minimum absolute atomic E-state index is 0.113. The third-order valence-electron chi connectivity index (χ3n) is 4.01. The van der Waals surface area contributed by atoms with Gasteiger partial charge in [-0.1, -0.05) is 67.4 Å². The second kappa shape index (κ2) is 9.31. The fraction of sp³-hybridized carbons (Fsp3) is 0.400. The Kier molecular flexibility index (Phi) is 7.41. The number of rotatable bonds is 8. The molecule has 2 nitrogen and oxygen atoms in total. The molecule has 0 heterocycles. The number of benzene rings is 2. The van der Waals surface area contributed by atoms with Crippen molar-refractivity contribution in [2.75, 3.05) is 13.6 Å². The molecule has 0 radical (unpaired) electrons. The van der Waals surface area contributed by atoms with Crippen LogP contribution in [0.3, 0.4) is 0 Å². The number of halogens is 2. The predicted molar refractivity (Wildman–Crippen MR) is 103 cm³/mol. The van der Waals surface area contributed by atoms with Gasteiger partial charge in [0, 0.05) is 18.1 Å². The van der Waals surface area contributed by atoms with Crippen molar-refractivity contribution in [1.82, 2.24) is 4.90 Å². The molecule has 0 N–H and O–H groups in total. The van der Waals surface area contributed by atoms with Gasteiger partial charge >= 0.3 is 0 Å². The molecule has 2 aromatic rings. The fourth-order valence-corrected chi connectivity index (χ4v) is 3.04. The van der Waals surface area contributed by atoms with E-state index in [1.807, 2.05) is 18.2 Å². The van der Waals surface area contributed by atoms with E-state index in [0.29, 0.717) is 21.7 Å². The summed E-state index contributed by atoms with van der Waals surface area (Å²) in [6.45, 7) is 6.24. The molecule has 0 bridgehead atoms. The first-order valence-electron chi connectivity index (χ1n) is 8.30. The van der Waals surface area contributed by atoms with Crippen molar-refractivity contribution in [3.8, 4) is 5.75 Å². The normalized spacial score (nSPS) is 12.6. The van der Waals surface area contributed by atoms with Gasteiger partial charge in [0.15, 0.2) is 0 Å². The van der Waals surface area contributed by atoms with Crippen LogP contribution in [0, 0.1) is 5.92 Å². The minimum Gasteiger partial charge on any atom is -0.489 e. The SMILES string of the molecule is CC(C)C(CCN(C)Cc1ccccc1)Oc1ccc(Cl)cc1Cl. The zero-order valence-corrected chi connectivity index (χ0v) is 16.0. The number of nitrogens with zero attached hydrogens (tertiary/aromatic N) is 1. The van der Waals surface area contributed by atoms with Crippen LogP contribution in [0.5, 0.6) is 5.75 Å². The average molecular weight is 366 g/mol. The summed E-state index contributed by atoms with van der Waals surface area (Å²) in [5, 5.41) is 1.18. The first-order valence-corrected chi connectivity index (χ1v) is 9.05. The Bertz CT molecular complexity index is 631. The monoisotopic (exact) mass is 365 g/mol. The van der Waals surface area contributed by atoms with E-state index >= 15 is 0 Å². The Morgan fingerprint density at radius 3 is 2.38 bits per heavy atom. The maximum absolute atomic E-state index is 6.23. The molecule has 0 spiro atoms. The summed E-state index contributed by atoms with van der Waals surface area (Å²) in [7, 11) is 2.14. The lowest BCUT2D eigenvalue weighted by Gasteiger charge is -2.26. The van der Waals surface area contributed by atoms with Crippen molar-refractivity contribution >= 4 is 23.2 Å². The molecule has 0 aliphatic heterocycles. The van der Waals surface area contributed by atoms with Crippen LogP contribution in [0.1, 0.15) is 25.8 Å². The van der Waals surface area contributed by atoms with Gasteiger partial charge in [-0.15, -0.1) is 0 Å². The Hall–Kier alpha value is -1.22. The van der Waals surface area contributed by atoms with Gasteiger partial charge in [0.05, 0.1) is 5.02 Å². The van der Waals surface area contributed by atoms with E-state index in [0.717, 1.165) is 19.5 Å². The molecule has 2 rings (SSSR count). The Balaban J connectivity index is 1.91. The second-order valence-corrected chi connectivity index (χ2v) is 7.33. The molecule has 24 heavy (non-hydrogen) atoms. The van der Waals surface area contributed by atoms with E-state index in [1.54, 1.807) is 6.07 Å². The van der Waals surface area contributed by atoms with Crippen LogP contribution in [0.25, 0.3) is 0 Å². The summed E-state index contributed by atoms with van der Waals surface area (Å²) < 4.78 is 6.15. The summed E-state index contributed by atoms with van der Waals surface area (Å²) >= 11 is 12.2. The molecule has 1 unspecified atom stereocenters. The van der Waals surface area contributed by atoms with E-state index in [-0.39, 0.29) is 6.10 Å². The minimum atomic E-state index is 0.113. The van der Waals surface area contributed by atoms with Crippen LogP contribution >= 0.6 is 23.2 Å². The van der Waals surface area contributed by atoms with Gasteiger partial charge in [-0.3, -0.25) is 0 Å². The molecule has 0 aromatic heterocycles. The van der Waals surface area contributed by atoms with Crippen LogP contribution in [0.4, 0.5) is 0 Å². The average Bonchev–Trinajstić information content (AvgIpc) is 2.54. The third kappa shape index (κ3) is 6.01. The van der Waals surface area contributed by atoms with Gasteiger partial charge < -0.3 is 9.64 Å². The van der Waals surface area contributed by atoms with Crippen LogP contribution in [-0.4, -0.2) is 24.6 Å². The molecule has 130 valence electrons. The van der Waals surface area contributed by atoms with E-state index < -0.39 is 0 Å². The van der Waals surface area contributed by atoms with Crippen LogP contribution in [-0.2, 0) is 6.54 Å². The zero-order valence-electron chi connectivity index (χ0n) is 14.5. The van der Waals surface area contributed by atoms with Gasteiger partial charge in [-0.25, -0.2) is 0 Å². The first kappa shape index (κ1) is 19.1. The zero-order chi connectivity index (χ0) is 17.5. The van der Waals surface area contributed by atoms with Crippen molar-refractivity contribution in [3.05, 3.63) is 64.1 Å². The molecule has 0 aliphatic rings. The van der Waals surface area contributed by atoms with Crippen LogP contribution < -0.4 is 4.74 Å². The smallest absolute Gasteiger partial charge is 0.138 e. The molecule has 0 aliphatic carbocycles. The molecule has 1 atom stereocenters. The molecule has 0 fully saturated rings. The van der Waals surface area contributed by atoms with Crippen molar-refractivity contribution in [3.63, 3.8) is 0 Å². The summed E-state index contributed by atoms with van der Waals surface area (Å²) in [6.07, 6.45) is 1.06. The third-order valence-corrected chi connectivity index (χ3v) is 4.54. The molecule has 2 aromatic carbocycles. The largest absolute Gasteiger partial charge is 0.489 e. The molecule has 4 heteroatoms. The van der Waals surface area contributed by atoms with Crippen LogP contribution in [0.15, 0.2) is 48.5 Å². The molecule has 0 saturated carbocycles. The highest BCUT2D eigenvalue weighted by Gasteiger charge is 2.17. The maximum Gasteiger partial charge on any atom is 0.138 e. The number of hydrogen-bond donors (Lipinski definition) is 0. The number of hydrogen-bond acceptors (Lipinski definition) is 2. The van der Waals surface area contributed by atoms with Crippen molar-refractivity contribution in [2.24, 2.45) is 5.92 Å². The van der Waals surface area contributed by atoms with E-state index in [2.05, 4.69) is 50.1 Å². The molecule has 0 amide bonds. The Morgan fingerprint density at radius 2 is 1.75 bits per heavy atom.